The van der Waals surface area contributed by atoms with Gasteiger partial charge in [-0.05, 0) is 40.5 Å². The van der Waals surface area contributed by atoms with Crippen LogP contribution in [0, 0.1) is 0 Å². The first-order valence-corrected chi connectivity index (χ1v) is 7.47. The Morgan fingerprint density at radius 1 is 1.30 bits per heavy atom. The Kier molecular flexibility index (Phi) is 4.42. The number of morpholine rings is 1. The van der Waals surface area contributed by atoms with E-state index >= 15 is 0 Å². The highest BCUT2D eigenvalue weighted by atomic mass is 16.5. The van der Waals surface area contributed by atoms with E-state index < -0.39 is 0 Å². The molecule has 1 saturated carbocycles. The Labute approximate surface area is 122 Å². The predicted octanol–water partition coefficient (Wildman–Crippen LogP) is 1.17. The Bertz CT molecular complexity index is 348. The van der Waals surface area contributed by atoms with E-state index in [9.17, 15) is 4.79 Å². The van der Waals surface area contributed by atoms with Gasteiger partial charge in [-0.15, -0.1) is 0 Å². The first-order valence-electron chi connectivity index (χ1n) is 7.47. The largest absolute Gasteiger partial charge is 0.468 e. The first kappa shape index (κ1) is 15.7. The van der Waals surface area contributed by atoms with Crippen molar-refractivity contribution in [3.8, 4) is 0 Å². The molecule has 1 saturated heterocycles. The van der Waals surface area contributed by atoms with Gasteiger partial charge in [-0.2, -0.15) is 0 Å². The van der Waals surface area contributed by atoms with Crippen molar-refractivity contribution < 1.29 is 14.3 Å². The number of esters is 1. The van der Waals surface area contributed by atoms with Gasteiger partial charge in [-0.25, -0.2) is 0 Å². The lowest BCUT2D eigenvalue weighted by Crippen LogP contribution is -2.60. The fourth-order valence-corrected chi connectivity index (χ4v) is 3.20. The van der Waals surface area contributed by atoms with Crippen LogP contribution in [0.4, 0.5) is 0 Å². The number of rotatable bonds is 5. The lowest BCUT2D eigenvalue weighted by atomic mass is 9.98. The van der Waals surface area contributed by atoms with Crippen molar-refractivity contribution >= 4 is 5.97 Å². The number of hydrogen-bond acceptors (Lipinski definition) is 5. The molecule has 1 aliphatic carbocycles. The van der Waals surface area contributed by atoms with Gasteiger partial charge in [0.2, 0.25) is 0 Å². The van der Waals surface area contributed by atoms with E-state index in [1.54, 1.807) is 0 Å². The molecule has 0 bridgehead atoms. The van der Waals surface area contributed by atoms with E-state index in [0.717, 1.165) is 25.9 Å². The molecule has 5 nitrogen and oxygen atoms in total. The molecule has 0 aromatic heterocycles. The lowest BCUT2D eigenvalue weighted by molar-refractivity contribution is -0.182. The van der Waals surface area contributed by atoms with Gasteiger partial charge in [-0.1, -0.05) is 0 Å². The van der Waals surface area contributed by atoms with Crippen LogP contribution in [-0.4, -0.2) is 60.9 Å². The summed E-state index contributed by atoms with van der Waals surface area (Å²) in [7, 11) is 1.46. The van der Waals surface area contributed by atoms with Crippen LogP contribution >= 0.6 is 0 Å². The highest BCUT2D eigenvalue weighted by Gasteiger charge is 2.40. The average molecular weight is 284 g/mol. The van der Waals surface area contributed by atoms with Crippen molar-refractivity contribution in [2.45, 2.75) is 63.8 Å². The summed E-state index contributed by atoms with van der Waals surface area (Å²) in [6.07, 6.45) is 2.32. The van der Waals surface area contributed by atoms with Crippen molar-refractivity contribution in [2.24, 2.45) is 0 Å². The van der Waals surface area contributed by atoms with E-state index in [1.165, 1.54) is 7.11 Å². The minimum atomic E-state index is -0.239. The van der Waals surface area contributed by atoms with E-state index in [0.29, 0.717) is 12.6 Å². The molecule has 2 fully saturated rings. The SMILES string of the molecule is COC(=O)C(CN1CC(C)(C)OC(C)(C)C1)NC1CC1. The molecule has 0 aromatic carbocycles. The molecular weight excluding hydrogens is 256 g/mol. The molecule has 0 aromatic rings. The summed E-state index contributed by atoms with van der Waals surface area (Å²) in [6.45, 7) is 10.7. The minimum absolute atomic E-state index is 0.168. The summed E-state index contributed by atoms with van der Waals surface area (Å²) < 4.78 is 11.0. The van der Waals surface area contributed by atoms with Crippen LogP contribution in [0.15, 0.2) is 0 Å². The smallest absolute Gasteiger partial charge is 0.324 e. The molecule has 20 heavy (non-hydrogen) atoms. The third-order valence-corrected chi connectivity index (χ3v) is 3.70. The van der Waals surface area contributed by atoms with Gasteiger partial charge in [0.1, 0.15) is 6.04 Å². The van der Waals surface area contributed by atoms with Gasteiger partial charge < -0.3 is 14.8 Å². The third kappa shape index (κ3) is 4.43. The topological polar surface area (TPSA) is 50.8 Å². The molecule has 1 aliphatic heterocycles. The highest BCUT2D eigenvalue weighted by molar-refractivity contribution is 5.76. The first-order chi connectivity index (χ1) is 9.21. The van der Waals surface area contributed by atoms with Crippen molar-refractivity contribution in [3.63, 3.8) is 0 Å². The molecular formula is C15H28N2O3. The summed E-state index contributed by atoms with van der Waals surface area (Å²) in [4.78, 5) is 14.2. The second-order valence-corrected chi connectivity index (χ2v) is 7.31. The Hall–Kier alpha value is -0.650. The van der Waals surface area contributed by atoms with Gasteiger partial charge in [-0.3, -0.25) is 9.69 Å². The lowest BCUT2D eigenvalue weighted by Gasteiger charge is -2.47. The van der Waals surface area contributed by atoms with Gasteiger partial charge in [0.25, 0.3) is 0 Å². The van der Waals surface area contributed by atoms with E-state index in [1.807, 2.05) is 0 Å². The van der Waals surface area contributed by atoms with Crippen LogP contribution in [0.3, 0.4) is 0 Å². The number of hydrogen-bond donors (Lipinski definition) is 1. The van der Waals surface area contributed by atoms with Crippen molar-refractivity contribution in [1.82, 2.24) is 10.2 Å². The number of carbonyl (C=O) groups excluding carboxylic acids is 1. The summed E-state index contributed by atoms with van der Waals surface area (Å²) >= 11 is 0. The molecule has 0 radical (unpaired) electrons. The van der Waals surface area contributed by atoms with Crippen LogP contribution in [0.1, 0.15) is 40.5 Å². The number of ether oxygens (including phenoxy) is 2. The van der Waals surface area contributed by atoms with E-state index in [4.69, 9.17) is 9.47 Å². The van der Waals surface area contributed by atoms with Crippen LogP contribution < -0.4 is 5.32 Å². The molecule has 1 heterocycles. The maximum atomic E-state index is 11.9. The number of nitrogens with one attached hydrogen (secondary N) is 1. The fraction of sp³-hybridized carbons (Fsp3) is 0.933. The molecule has 1 N–H and O–H groups in total. The molecule has 1 atom stereocenters. The van der Waals surface area contributed by atoms with Crippen molar-refractivity contribution in [3.05, 3.63) is 0 Å². The molecule has 0 amide bonds. The second-order valence-electron chi connectivity index (χ2n) is 7.31. The zero-order chi connectivity index (χ0) is 15.0. The predicted molar refractivity (Wildman–Crippen MR) is 77.6 cm³/mol. The Morgan fingerprint density at radius 3 is 2.30 bits per heavy atom. The monoisotopic (exact) mass is 284 g/mol. The maximum Gasteiger partial charge on any atom is 0.324 e. The molecule has 2 aliphatic rings. The van der Waals surface area contributed by atoms with Crippen molar-refractivity contribution in [2.75, 3.05) is 26.7 Å². The number of nitrogens with zero attached hydrogens (tertiary/aromatic N) is 1. The third-order valence-electron chi connectivity index (χ3n) is 3.70. The van der Waals surface area contributed by atoms with Crippen LogP contribution in [0.5, 0.6) is 0 Å². The summed E-state index contributed by atoms with van der Waals surface area (Å²) in [5.74, 6) is -0.168. The fourth-order valence-electron chi connectivity index (χ4n) is 3.20. The van der Waals surface area contributed by atoms with Crippen LogP contribution in [0.25, 0.3) is 0 Å². The van der Waals surface area contributed by atoms with Crippen LogP contribution in [-0.2, 0) is 14.3 Å². The summed E-state index contributed by atoms with van der Waals surface area (Å²) in [5.41, 5.74) is -0.385. The second kappa shape index (κ2) is 5.62. The Morgan fingerprint density at radius 2 is 1.85 bits per heavy atom. The quantitative estimate of drug-likeness (QED) is 0.768. The zero-order valence-corrected chi connectivity index (χ0v) is 13.4. The summed E-state index contributed by atoms with van der Waals surface area (Å²) in [5, 5.41) is 3.39. The Balaban J connectivity index is 1.99. The van der Waals surface area contributed by atoms with Gasteiger partial charge >= 0.3 is 5.97 Å². The number of carbonyl (C=O) groups is 1. The van der Waals surface area contributed by atoms with E-state index in [-0.39, 0.29) is 23.2 Å². The molecule has 0 spiro atoms. The molecule has 116 valence electrons. The zero-order valence-electron chi connectivity index (χ0n) is 13.4. The van der Waals surface area contributed by atoms with Gasteiger partial charge in [0.15, 0.2) is 0 Å². The standard InChI is InChI=1S/C15H28N2O3/c1-14(2)9-17(10-15(3,4)20-14)8-12(13(18)19-5)16-11-6-7-11/h11-12,16H,6-10H2,1-5H3. The molecule has 2 rings (SSSR count). The highest BCUT2D eigenvalue weighted by Crippen LogP contribution is 2.28. The molecule has 1 unspecified atom stereocenters. The van der Waals surface area contributed by atoms with Crippen LogP contribution in [0.2, 0.25) is 0 Å². The molecule has 5 heteroatoms. The van der Waals surface area contributed by atoms with Gasteiger partial charge in [0.05, 0.1) is 18.3 Å². The van der Waals surface area contributed by atoms with Crippen molar-refractivity contribution in [1.29, 1.82) is 0 Å². The average Bonchev–Trinajstić information content (AvgIpc) is 3.06. The summed E-state index contributed by atoms with van der Waals surface area (Å²) in [6, 6.07) is 0.248. The maximum absolute atomic E-state index is 11.9. The minimum Gasteiger partial charge on any atom is -0.468 e. The van der Waals surface area contributed by atoms with Gasteiger partial charge in [0, 0.05) is 25.7 Å². The normalized spacial score (nSPS) is 27.1. The van der Waals surface area contributed by atoms with E-state index in [2.05, 4.69) is 37.9 Å². The number of methoxy groups -OCH3 is 1.